The summed E-state index contributed by atoms with van der Waals surface area (Å²) >= 11 is 0. The van der Waals surface area contributed by atoms with Gasteiger partial charge in [-0.05, 0) is 23.8 Å². The maximum Gasteiger partial charge on any atom is 0.319 e. The minimum absolute atomic E-state index is 0.212. The van der Waals surface area contributed by atoms with Crippen molar-refractivity contribution < 1.29 is 18.4 Å². The second-order valence-corrected chi connectivity index (χ2v) is 6.23. The summed E-state index contributed by atoms with van der Waals surface area (Å²) in [5.41, 5.74) is 1.80. The molecule has 0 radical (unpaired) electrons. The van der Waals surface area contributed by atoms with Crippen LogP contribution in [-0.4, -0.2) is 23.4 Å². The van der Waals surface area contributed by atoms with Crippen LogP contribution in [0.2, 0.25) is 0 Å². The Balaban J connectivity index is 1.64. The molecule has 1 atom stereocenters. The first-order valence-corrected chi connectivity index (χ1v) is 8.11. The summed E-state index contributed by atoms with van der Waals surface area (Å²) in [4.78, 5) is 26.4. The van der Waals surface area contributed by atoms with Gasteiger partial charge < -0.3 is 15.5 Å². The number of hydrogen-bond donors (Lipinski definition) is 2. The number of halogens is 2. The molecule has 0 aliphatic carbocycles. The second-order valence-electron chi connectivity index (χ2n) is 6.23. The van der Waals surface area contributed by atoms with Crippen molar-refractivity contribution in [2.24, 2.45) is 0 Å². The predicted octanol–water partition coefficient (Wildman–Crippen LogP) is 2.62. The monoisotopic (exact) mass is 355 g/mol. The summed E-state index contributed by atoms with van der Waals surface area (Å²) < 4.78 is 27.3. The molecule has 3 amide bonds. The Morgan fingerprint density at radius 3 is 2.50 bits per heavy atom. The van der Waals surface area contributed by atoms with Gasteiger partial charge in [-0.25, -0.2) is 13.6 Å². The number of rotatable bonds is 3. The maximum atomic E-state index is 14.2. The van der Waals surface area contributed by atoms with Crippen LogP contribution in [0, 0.1) is 11.6 Å². The van der Waals surface area contributed by atoms with Gasteiger partial charge in [-0.1, -0.05) is 30.3 Å². The Morgan fingerprint density at radius 1 is 1.04 bits per heavy atom. The molecule has 7 heteroatoms. The third-order valence-corrected chi connectivity index (χ3v) is 4.52. The van der Waals surface area contributed by atoms with Crippen molar-refractivity contribution in [3.05, 3.63) is 82.6 Å². The molecule has 4 rings (SSSR count). The van der Waals surface area contributed by atoms with Crippen molar-refractivity contribution in [3.63, 3.8) is 0 Å². The van der Waals surface area contributed by atoms with Gasteiger partial charge in [0.2, 0.25) is 0 Å². The number of nitrogens with zero attached hydrogens (tertiary/aromatic N) is 1. The molecule has 0 spiro atoms. The number of benzene rings is 2. The van der Waals surface area contributed by atoms with E-state index in [0.29, 0.717) is 11.3 Å². The summed E-state index contributed by atoms with van der Waals surface area (Å²) in [5.74, 6) is -1.13. The highest BCUT2D eigenvalue weighted by Crippen LogP contribution is 2.34. The number of amides is 3. The lowest BCUT2D eigenvalue weighted by Gasteiger charge is -2.25. The smallest absolute Gasteiger partial charge is 0.319 e. The average molecular weight is 355 g/mol. The molecule has 0 unspecified atom stereocenters. The van der Waals surface area contributed by atoms with Crippen LogP contribution in [0.1, 0.15) is 17.2 Å². The largest absolute Gasteiger partial charge is 0.329 e. The van der Waals surface area contributed by atoms with E-state index in [4.69, 9.17) is 0 Å². The SMILES string of the molecule is O=C1NC2=C(C(=O)N(Cc3ccc(F)cc3)C2)[C@@H](c2ccccc2F)N1. The standard InChI is InChI=1S/C19H15F2N3O2/c20-12-7-5-11(6-8-12)9-24-10-15-16(18(24)25)17(23-19(26)22-15)13-3-1-2-4-14(13)21/h1-8,17H,9-10H2,(H2,22,23,26)/t17-/m1/s1. The summed E-state index contributed by atoms with van der Waals surface area (Å²) in [6.07, 6.45) is 0. The Morgan fingerprint density at radius 2 is 1.77 bits per heavy atom. The summed E-state index contributed by atoms with van der Waals surface area (Å²) in [5, 5.41) is 5.26. The fourth-order valence-corrected chi connectivity index (χ4v) is 3.31. The number of nitrogens with one attached hydrogen (secondary N) is 2. The minimum atomic E-state index is -0.842. The first-order chi connectivity index (χ1) is 12.5. The Labute approximate surface area is 148 Å². The van der Waals surface area contributed by atoms with Gasteiger partial charge >= 0.3 is 6.03 Å². The van der Waals surface area contributed by atoms with Crippen molar-refractivity contribution in [1.82, 2.24) is 15.5 Å². The number of urea groups is 1. The van der Waals surface area contributed by atoms with Crippen LogP contribution in [0.3, 0.4) is 0 Å². The van der Waals surface area contributed by atoms with Crippen LogP contribution in [-0.2, 0) is 11.3 Å². The molecule has 2 aromatic carbocycles. The van der Waals surface area contributed by atoms with E-state index >= 15 is 0 Å². The van der Waals surface area contributed by atoms with E-state index in [2.05, 4.69) is 10.6 Å². The molecule has 0 saturated heterocycles. The van der Waals surface area contributed by atoms with E-state index in [9.17, 15) is 18.4 Å². The minimum Gasteiger partial charge on any atom is -0.329 e. The first kappa shape index (κ1) is 16.3. The third-order valence-electron chi connectivity index (χ3n) is 4.52. The zero-order valence-electron chi connectivity index (χ0n) is 13.6. The van der Waals surface area contributed by atoms with Crippen LogP contribution in [0.4, 0.5) is 13.6 Å². The van der Waals surface area contributed by atoms with Crippen LogP contribution in [0.5, 0.6) is 0 Å². The molecule has 2 aromatic rings. The third kappa shape index (κ3) is 2.81. The molecule has 2 aliphatic heterocycles. The van der Waals surface area contributed by atoms with E-state index < -0.39 is 17.9 Å². The molecule has 0 bridgehead atoms. The summed E-state index contributed by atoms with van der Waals surface area (Å²) in [6, 6.07) is 10.6. The fraction of sp³-hybridized carbons (Fsp3) is 0.158. The highest BCUT2D eigenvalue weighted by atomic mass is 19.1. The van der Waals surface area contributed by atoms with Gasteiger partial charge in [0.1, 0.15) is 11.6 Å². The molecule has 2 N–H and O–H groups in total. The quantitative estimate of drug-likeness (QED) is 0.889. The summed E-state index contributed by atoms with van der Waals surface area (Å²) in [6.45, 7) is 0.482. The Hall–Kier alpha value is -3.22. The highest BCUT2D eigenvalue weighted by molar-refractivity contribution is 6.01. The fourth-order valence-electron chi connectivity index (χ4n) is 3.31. The van der Waals surface area contributed by atoms with Gasteiger partial charge in [0.25, 0.3) is 5.91 Å². The van der Waals surface area contributed by atoms with Gasteiger partial charge in [0, 0.05) is 12.1 Å². The van der Waals surface area contributed by atoms with Crippen LogP contribution >= 0.6 is 0 Å². The second kappa shape index (κ2) is 6.25. The van der Waals surface area contributed by atoms with Gasteiger partial charge in [0.15, 0.2) is 0 Å². The van der Waals surface area contributed by atoms with E-state index in [1.165, 1.54) is 18.2 Å². The molecule has 2 aliphatic rings. The van der Waals surface area contributed by atoms with Crippen molar-refractivity contribution in [2.75, 3.05) is 6.54 Å². The molecule has 132 valence electrons. The molecule has 0 saturated carbocycles. The van der Waals surface area contributed by atoms with E-state index in [0.717, 1.165) is 5.56 Å². The molecular weight excluding hydrogens is 340 g/mol. The number of hydrogen-bond acceptors (Lipinski definition) is 2. The molecular formula is C19H15F2N3O2. The first-order valence-electron chi connectivity index (χ1n) is 8.11. The maximum absolute atomic E-state index is 14.2. The predicted molar refractivity (Wildman–Crippen MR) is 89.7 cm³/mol. The molecule has 0 fully saturated rings. The molecule has 2 heterocycles. The van der Waals surface area contributed by atoms with Crippen molar-refractivity contribution in [1.29, 1.82) is 0 Å². The highest BCUT2D eigenvalue weighted by Gasteiger charge is 2.41. The van der Waals surface area contributed by atoms with Gasteiger partial charge in [-0.15, -0.1) is 0 Å². The van der Waals surface area contributed by atoms with Crippen molar-refractivity contribution >= 4 is 11.9 Å². The lowest BCUT2D eigenvalue weighted by atomic mass is 9.96. The Bertz CT molecular complexity index is 925. The summed E-state index contributed by atoms with van der Waals surface area (Å²) in [7, 11) is 0. The van der Waals surface area contributed by atoms with Crippen molar-refractivity contribution in [2.45, 2.75) is 12.6 Å². The van der Waals surface area contributed by atoms with E-state index in [-0.39, 0.29) is 30.4 Å². The van der Waals surface area contributed by atoms with Crippen molar-refractivity contribution in [3.8, 4) is 0 Å². The zero-order chi connectivity index (χ0) is 18.3. The lowest BCUT2D eigenvalue weighted by molar-refractivity contribution is -0.126. The molecule has 0 aromatic heterocycles. The molecule has 5 nitrogen and oxygen atoms in total. The lowest BCUT2D eigenvalue weighted by Crippen LogP contribution is -2.44. The van der Waals surface area contributed by atoms with Gasteiger partial charge in [-0.2, -0.15) is 0 Å². The van der Waals surface area contributed by atoms with E-state index in [1.54, 1.807) is 35.2 Å². The zero-order valence-corrected chi connectivity index (χ0v) is 13.6. The van der Waals surface area contributed by atoms with Gasteiger partial charge in [0.05, 0.1) is 23.9 Å². The van der Waals surface area contributed by atoms with Gasteiger partial charge in [-0.3, -0.25) is 4.79 Å². The Kier molecular flexibility index (Phi) is 3.91. The molecule has 26 heavy (non-hydrogen) atoms. The average Bonchev–Trinajstić information content (AvgIpc) is 2.92. The topological polar surface area (TPSA) is 61.4 Å². The normalized spacial score (nSPS) is 19.3. The van der Waals surface area contributed by atoms with Crippen LogP contribution in [0.25, 0.3) is 0 Å². The van der Waals surface area contributed by atoms with Crippen LogP contribution < -0.4 is 10.6 Å². The van der Waals surface area contributed by atoms with Crippen LogP contribution in [0.15, 0.2) is 59.8 Å². The number of carbonyl (C=O) groups excluding carboxylic acids is 2. The van der Waals surface area contributed by atoms with E-state index in [1.807, 2.05) is 0 Å². The number of carbonyl (C=O) groups is 2.